The third kappa shape index (κ3) is 5.23. The lowest BCUT2D eigenvalue weighted by molar-refractivity contribution is 0.192. The molecule has 0 aliphatic heterocycles. The minimum Gasteiger partial charge on any atom is -0.409 e. The van der Waals surface area contributed by atoms with Crippen molar-refractivity contribution < 1.29 is 14.3 Å². The average molecular weight is 269 g/mol. The third-order valence-electron chi connectivity index (χ3n) is 2.72. The van der Waals surface area contributed by atoms with Gasteiger partial charge >= 0.3 is 0 Å². The van der Waals surface area contributed by atoms with Crippen molar-refractivity contribution in [1.82, 2.24) is 5.32 Å². The molecule has 0 unspecified atom stereocenters. The Hall–Kier alpha value is -1.66. The molecule has 0 aliphatic rings. The van der Waals surface area contributed by atoms with Gasteiger partial charge in [-0.25, -0.2) is 4.39 Å². The summed E-state index contributed by atoms with van der Waals surface area (Å²) in [6.45, 7) is 2.00. The van der Waals surface area contributed by atoms with Gasteiger partial charge < -0.3 is 21.0 Å². The summed E-state index contributed by atoms with van der Waals surface area (Å²) in [6.07, 6.45) is 1.96. The monoisotopic (exact) mass is 269 g/mol. The molecule has 0 heterocycles. The number of halogens is 1. The normalized spacial score (nSPS) is 11.8. The van der Waals surface area contributed by atoms with E-state index in [4.69, 9.17) is 15.7 Å². The van der Waals surface area contributed by atoms with Crippen molar-refractivity contribution in [2.45, 2.75) is 19.4 Å². The van der Waals surface area contributed by atoms with Gasteiger partial charge in [0.2, 0.25) is 0 Å². The maximum atomic E-state index is 13.7. The third-order valence-corrected chi connectivity index (χ3v) is 2.72. The predicted octanol–water partition coefficient (Wildman–Crippen LogP) is 1.44. The molecule has 0 atom stereocenters. The number of nitrogens with zero attached hydrogens (tertiary/aromatic N) is 1. The number of nitrogens with one attached hydrogen (secondary N) is 1. The number of ether oxygens (including phenoxy) is 1. The molecule has 5 nitrogen and oxygen atoms in total. The van der Waals surface area contributed by atoms with Gasteiger partial charge in [0.25, 0.3) is 0 Å². The second kappa shape index (κ2) is 8.44. The van der Waals surface area contributed by atoms with Crippen LogP contribution in [0.25, 0.3) is 0 Å². The Morgan fingerprint density at radius 1 is 1.47 bits per heavy atom. The van der Waals surface area contributed by atoms with Crippen LogP contribution in [0.5, 0.6) is 0 Å². The zero-order valence-corrected chi connectivity index (χ0v) is 11.0. The quantitative estimate of drug-likeness (QED) is 0.219. The van der Waals surface area contributed by atoms with E-state index in [9.17, 15) is 4.39 Å². The maximum absolute atomic E-state index is 13.7. The van der Waals surface area contributed by atoms with E-state index in [1.165, 1.54) is 6.07 Å². The molecule has 0 bridgehead atoms. The smallest absolute Gasteiger partial charge is 0.170 e. The molecule has 0 saturated carbocycles. The Bertz CT molecular complexity index is 424. The molecule has 106 valence electrons. The van der Waals surface area contributed by atoms with Crippen LogP contribution in [-0.2, 0) is 11.3 Å². The summed E-state index contributed by atoms with van der Waals surface area (Å²) in [7, 11) is 1.67. The van der Waals surface area contributed by atoms with Gasteiger partial charge in [0, 0.05) is 31.4 Å². The fourth-order valence-electron chi connectivity index (χ4n) is 1.63. The van der Waals surface area contributed by atoms with E-state index in [1.807, 2.05) is 0 Å². The minimum atomic E-state index is -0.367. The van der Waals surface area contributed by atoms with Crippen molar-refractivity contribution in [2.24, 2.45) is 10.9 Å². The van der Waals surface area contributed by atoms with Crippen LogP contribution >= 0.6 is 0 Å². The van der Waals surface area contributed by atoms with Gasteiger partial charge in [0.05, 0.1) is 0 Å². The van der Waals surface area contributed by atoms with Crippen LogP contribution in [0.3, 0.4) is 0 Å². The first-order chi connectivity index (χ1) is 9.19. The number of unbranched alkanes of at least 4 members (excludes halogenated alkanes) is 1. The van der Waals surface area contributed by atoms with Crippen LogP contribution < -0.4 is 11.1 Å². The fourth-order valence-corrected chi connectivity index (χ4v) is 1.63. The molecule has 4 N–H and O–H groups in total. The Kier molecular flexibility index (Phi) is 6.84. The van der Waals surface area contributed by atoms with E-state index in [1.54, 1.807) is 19.2 Å². The molecule has 1 rings (SSSR count). The molecule has 0 aromatic heterocycles. The lowest BCUT2D eigenvalue weighted by atomic mass is 10.1. The largest absolute Gasteiger partial charge is 0.409 e. The highest BCUT2D eigenvalue weighted by molar-refractivity contribution is 5.97. The lowest BCUT2D eigenvalue weighted by Crippen LogP contribution is -2.17. The lowest BCUT2D eigenvalue weighted by Gasteiger charge is -2.07. The second-order valence-electron chi connectivity index (χ2n) is 4.17. The minimum absolute atomic E-state index is 0.0991. The summed E-state index contributed by atoms with van der Waals surface area (Å²) in [5, 5.41) is 14.5. The van der Waals surface area contributed by atoms with Crippen molar-refractivity contribution in [1.29, 1.82) is 0 Å². The van der Waals surface area contributed by atoms with Gasteiger partial charge in [0.15, 0.2) is 5.84 Å². The van der Waals surface area contributed by atoms with Crippen LogP contribution in [0.15, 0.2) is 23.4 Å². The van der Waals surface area contributed by atoms with Crippen LogP contribution in [0.1, 0.15) is 24.0 Å². The number of rotatable bonds is 8. The van der Waals surface area contributed by atoms with E-state index in [0.717, 1.165) is 26.0 Å². The Morgan fingerprint density at radius 2 is 2.26 bits per heavy atom. The SMILES string of the molecule is COCCCCNCc1ccc(C(N)=NO)cc1F. The number of nitrogens with two attached hydrogens (primary N) is 1. The number of hydrogen-bond acceptors (Lipinski definition) is 4. The Morgan fingerprint density at radius 3 is 2.89 bits per heavy atom. The highest BCUT2D eigenvalue weighted by Crippen LogP contribution is 2.10. The van der Waals surface area contributed by atoms with Gasteiger partial charge in [-0.15, -0.1) is 0 Å². The Balaban J connectivity index is 2.43. The molecule has 0 saturated heterocycles. The fraction of sp³-hybridized carbons (Fsp3) is 0.462. The molecule has 19 heavy (non-hydrogen) atoms. The average Bonchev–Trinajstić information content (AvgIpc) is 2.43. The van der Waals surface area contributed by atoms with Crippen molar-refractivity contribution in [3.63, 3.8) is 0 Å². The van der Waals surface area contributed by atoms with Crippen molar-refractivity contribution in [3.05, 3.63) is 35.1 Å². The van der Waals surface area contributed by atoms with Crippen molar-refractivity contribution in [3.8, 4) is 0 Å². The summed E-state index contributed by atoms with van der Waals surface area (Å²) in [5.74, 6) is -0.466. The number of methoxy groups -OCH3 is 1. The highest BCUT2D eigenvalue weighted by atomic mass is 19.1. The van der Waals surface area contributed by atoms with E-state index in [-0.39, 0.29) is 11.7 Å². The molecule has 0 fully saturated rings. The van der Waals surface area contributed by atoms with Gasteiger partial charge in [-0.3, -0.25) is 0 Å². The molecular formula is C13H20FN3O2. The summed E-state index contributed by atoms with van der Waals surface area (Å²) < 4.78 is 18.7. The van der Waals surface area contributed by atoms with E-state index < -0.39 is 0 Å². The van der Waals surface area contributed by atoms with Gasteiger partial charge in [-0.2, -0.15) is 0 Å². The molecule has 1 aromatic carbocycles. The van der Waals surface area contributed by atoms with Crippen LogP contribution in [0.2, 0.25) is 0 Å². The van der Waals surface area contributed by atoms with Gasteiger partial charge in [-0.05, 0) is 25.5 Å². The first-order valence-electron chi connectivity index (χ1n) is 6.15. The predicted molar refractivity (Wildman–Crippen MR) is 71.7 cm³/mol. The molecule has 0 spiro atoms. The standard InChI is InChI=1S/C13H20FN3O2/c1-19-7-3-2-6-16-9-11-5-4-10(8-12(11)14)13(15)17-18/h4-5,8,16,18H,2-3,6-7,9H2,1H3,(H2,15,17). The zero-order chi connectivity index (χ0) is 14.1. The van der Waals surface area contributed by atoms with Gasteiger partial charge in [-0.1, -0.05) is 17.3 Å². The van der Waals surface area contributed by atoms with Crippen LogP contribution in [0, 0.1) is 5.82 Å². The first kappa shape index (κ1) is 15.4. The van der Waals surface area contributed by atoms with Crippen molar-refractivity contribution in [2.75, 3.05) is 20.3 Å². The number of oxime groups is 1. The topological polar surface area (TPSA) is 79.9 Å². The second-order valence-corrected chi connectivity index (χ2v) is 4.17. The molecule has 6 heteroatoms. The Labute approximate surface area is 112 Å². The summed E-state index contributed by atoms with van der Waals surface area (Å²) in [4.78, 5) is 0. The summed E-state index contributed by atoms with van der Waals surface area (Å²) >= 11 is 0. The maximum Gasteiger partial charge on any atom is 0.170 e. The van der Waals surface area contributed by atoms with Crippen LogP contribution in [0.4, 0.5) is 4.39 Å². The van der Waals surface area contributed by atoms with E-state index >= 15 is 0 Å². The molecule has 1 aromatic rings. The molecular weight excluding hydrogens is 249 g/mol. The van der Waals surface area contributed by atoms with E-state index in [0.29, 0.717) is 17.7 Å². The number of hydrogen-bond donors (Lipinski definition) is 3. The van der Waals surface area contributed by atoms with Gasteiger partial charge in [0.1, 0.15) is 5.82 Å². The number of benzene rings is 1. The summed E-state index contributed by atoms with van der Waals surface area (Å²) in [5.41, 5.74) is 6.31. The molecule has 0 radical (unpaired) electrons. The highest BCUT2D eigenvalue weighted by Gasteiger charge is 2.06. The summed E-state index contributed by atoms with van der Waals surface area (Å²) in [6, 6.07) is 4.52. The number of amidine groups is 1. The zero-order valence-electron chi connectivity index (χ0n) is 11.0. The molecule has 0 aliphatic carbocycles. The van der Waals surface area contributed by atoms with E-state index in [2.05, 4.69) is 10.5 Å². The van der Waals surface area contributed by atoms with Crippen LogP contribution in [-0.4, -0.2) is 31.3 Å². The molecule has 0 amide bonds. The first-order valence-corrected chi connectivity index (χ1v) is 6.15. The van der Waals surface area contributed by atoms with Crippen molar-refractivity contribution >= 4 is 5.84 Å².